The lowest BCUT2D eigenvalue weighted by Crippen LogP contribution is -2.46. The molecule has 1 aliphatic rings. The Labute approximate surface area is 195 Å². The van der Waals surface area contributed by atoms with E-state index in [1.807, 2.05) is 43.3 Å². The Hall–Kier alpha value is -2.13. The Morgan fingerprint density at radius 3 is 2.53 bits per heavy atom. The van der Waals surface area contributed by atoms with Crippen molar-refractivity contribution >= 4 is 27.5 Å². The predicted octanol–water partition coefficient (Wildman–Crippen LogP) is 3.17. The van der Waals surface area contributed by atoms with Gasteiger partial charge in [-0.3, -0.25) is 4.79 Å². The first-order chi connectivity index (χ1) is 15.2. The van der Waals surface area contributed by atoms with Crippen molar-refractivity contribution in [3.63, 3.8) is 0 Å². The summed E-state index contributed by atoms with van der Waals surface area (Å²) in [5.41, 5.74) is 0.937. The highest BCUT2D eigenvalue weighted by atomic mass is 35.5. The van der Waals surface area contributed by atoms with Crippen molar-refractivity contribution in [2.24, 2.45) is 5.92 Å². The van der Waals surface area contributed by atoms with E-state index in [1.54, 1.807) is 12.1 Å². The number of carbonyl (C=O) groups is 1. The van der Waals surface area contributed by atoms with Gasteiger partial charge in [0, 0.05) is 24.7 Å². The van der Waals surface area contributed by atoms with Gasteiger partial charge in [-0.15, -0.1) is 0 Å². The van der Waals surface area contributed by atoms with Gasteiger partial charge in [-0.25, -0.2) is 8.42 Å². The maximum atomic E-state index is 13.1. The fraction of sp³-hybridized carbons (Fsp3) is 0.435. The van der Waals surface area contributed by atoms with E-state index in [4.69, 9.17) is 16.3 Å². The second kappa shape index (κ2) is 10.7. The zero-order chi connectivity index (χ0) is 23.3. The summed E-state index contributed by atoms with van der Waals surface area (Å²) in [6.07, 6.45) is 1.29. The van der Waals surface area contributed by atoms with Crippen molar-refractivity contribution in [2.45, 2.75) is 23.8 Å². The predicted molar refractivity (Wildman–Crippen MR) is 125 cm³/mol. The van der Waals surface area contributed by atoms with Gasteiger partial charge in [0.15, 0.2) is 0 Å². The summed E-state index contributed by atoms with van der Waals surface area (Å²) >= 11 is 6.35. The van der Waals surface area contributed by atoms with Gasteiger partial charge in [0.1, 0.15) is 5.75 Å². The molecule has 1 saturated heterocycles. The number of sulfonamides is 1. The smallest absolute Gasteiger partial charge is 0.243 e. The molecule has 0 aliphatic carbocycles. The van der Waals surface area contributed by atoms with Gasteiger partial charge in [0.05, 0.1) is 24.0 Å². The molecular weight excluding hydrogens is 450 g/mol. The van der Waals surface area contributed by atoms with Crippen molar-refractivity contribution in [1.82, 2.24) is 14.5 Å². The summed E-state index contributed by atoms with van der Waals surface area (Å²) in [6, 6.07) is 13.8. The van der Waals surface area contributed by atoms with Crippen LogP contribution in [0.1, 0.15) is 24.4 Å². The van der Waals surface area contributed by atoms with E-state index in [-0.39, 0.29) is 23.4 Å². The van der Waals surface area contributed by atoms with Gasteiger partial charge < -0.3 is 15.0 Å². The number of rotatable bonds is 8. The second-order valence-corrected chi connectivity index (χ2v) is 10.5. The summed E-state index contributed by atoms with van der Waals surface area (Å²) in [7, 11) is 1.73. The van der Waals surface area contributed by atoms with E-state index >= 15 is 0 Å². The van der Waals surface area contributed by atoms with Gasteiger partial charge >= 0.3 is 0 Å². The summed E-state index contributed by atoms with van der Waals surface area (Å²) in [5, 5.41) is 3.66. The molecule has 1 heterocycles. The van der Waals surface area contributed by atoms with Gasteiger partial charge in [0.2, 0.25) is 15.9 Å². The number of hydrogen-bond acceptors (Lipinski definition) is 5. The summed E-state index contributed by atoms with van der Waals surface area (Å²) in [6.45, 7) is 0.953. The van der Waals surface area contributed by atoms with Crippen molar-refractivity contribution in [1.29, 1.82) is 0 Å². The third kappa shape index (κ3) is 5.61. The topological polar surface area (TPSA) is 79.0 Å². The van der Waals surface area contributed by atoms with Crippen molar-refractivity contribution in [3.05, 3.63) is 59.1 Å². The first kappa shape index (κ1) is 24.5. The number of piperidine rings is 1. The van der Waals surface area contributed by atoms with Crippen LogP contribution in [0.15, 0.2) is 53.4 Å². The van der Waals surface area contributed by atoms with Crippen LogP contribution in [-0.4, -0.2) is 64.4 Å². The monoisotopic (exact) mass is 479 g/mol. The Kier molecular flexibility index (Phi) is 8.16. The molecule has 0 unspecified atom stereocenters. The number of benzene rings is 2. The Balaban J connectivity index is 1.66. The summed E-state index contributed by atoms with van der Waals surface area (Å²) < 4.78 is 32.6. The molecule has 1 amide bonds. The molecule has 1 fully saturated rings. The molecule has 1 N–H and O–H groups in total. The van der Waals surface area contributed by atoms with Crippen LogP contribution in [0, 0.1) is 5.92 Å². The molecule has 0 bridgehead atoms. The quantitative estimate of drug-likeness (QED) is 0.629. The third-order valence-corrected chi connectivity index (χ3v) is 8.03. The number of nitrogens with one attached hydrogen (secondary N) is 1. The minimum Gasteiger partial charge on any atom is -0.497 e. The molecule has 7 nitrogen and oxygen atoms in total. The average molecular weight is 480 g/mol. The number of amides is 1. The van der Waals surface area contributed by atoms with E-state index in [9.17, 15) is 13.2 Å². The molecule has 2 aromatic carbocycles. The zero-order valence-electron chi connectivity index (χ0n) is 18.6. The van der Waals surface area contributed by atoms with Gasteiger partial charge in [-0.05, 0) is 62.8 Å². The van der Waals surface area contributed by atoms with E-state index in [1.165, 1.54) is 23.5 Å². The van der Waals surface area contributed by atoms with E-state index in [0.29, 0.717) is 36.7 Å². The SMILES string of the molecule is COc1ccc(S(=O)(=O)N2CCC[C@@H](C(=O)NC[C@H](c3ccccc3Cl)N(C)C)C2)cc1. The van der Waals surface area contributed by atoms with Gasteiger partial charge in [-0.2, -0.15) is 4.31 Å². The van der Waals surface area contributed by atoms with Crippen LogP contribution in [0.5, 0.6) is 5.75 Å². The lowest BCUT2D eigenvalue weighted by Gasteiger charge is -2.32. The molecule has 2 aromatic rings. The number of hydrogen-bond donors (Lipinski definition) is 1. The summed E-state index contributed by atoms with van der Waals surface area (Å²) in [5.74, 6) is 0.0539. The maximum absolute atomic E-state index is 13.1. The number of methoxy groups -OCH3 is 1. The van der Waals surface area contributed by atoms with E-state index in [2.05, 4.69) is 5.32 Å². The van der Waals surface area contributed by atoms with Crippen LogP contribution >= 0.6 is 11.6 Å². The lowest BCUT2D eigenvalue weighted by molar-refractivity contribution is -0.126. The minimum atomic E-state index is -3.67. The minimum absolute atomic E-state index is 0.0876. The Morgan fingerprint density at radius 2 is 1.91 bits per heavy atom. The molecule has 9 heteroatoms. The normalized spacial score (nSPS) is 18.3. The van der Waals surface area contributed by atoms with Crippen LogP contribution in [0.3, 0.4) is 0 Å². The molecule has 0 saturated carbocycles. The molecule has 0 aromatic heterocycles. The fourth-order valence-corrected chi connectivity index (χ4v) is 5.71. The highest BCUT2D eigenvalue weighted by molar-refractivity contribution is 7.89. The van der Waals surface area contributed by atoms with Crippen LogP contribution in [0.2, 0.25) is 5.02 Å². The van der Waals surface area contributed by atoms with Crippen LogP contribution < -0.4 is 10.1 Å². The summed E-state index contributed by atoms with van der Waals surface area (Å²) in [4.78, 5) is 15.1. The van der Waals surface area contributed by atoms with Crippen LogP contribution in [0.25, 0.3) is 0 Å². The van der Waals surface area contributed by atoms with Crippen molar-refractivity contribution in [2.75, 3.05) is 40.8 Å². The maximum Gasteiger partial charge on any atom is 0.243 e. The first-order valence-electron chi connectivity index (χ1n) is 10.6. The van der Waals surface area contributed by atoms with Crippen LogP contribution in [0.4, 0.5) is 0 Å². The van der Waals surface area contributed by atoms with Crippen molar-refractivity contribution < 1.29 is 17.9 Å². The standard InChI is InChI=1S/C23H30ClN3O4S/c1-26(2)22(20-8-4-5-9-21(20)24)15-25-23(28)17-7-6-14-27(16-17)32(29,30)19-12-10-18(31-3)11-13-19/h4-5,8-13,17,22H,6-7,14-16H2,1-3H3,(H,25,28)/t17-,22-/m1/s1. The number of likely N-dealkylation sites (N-methyl/N-ethyl adjacent to an activating group) is 1. The fourth-order valence-electron chi connectivity index (χ4n) is 3.93. The Bertz CT molecular complexity index is 1030. The van der Waals surface area contributed by atoms with E-state index < -0.39 is 15.9 Å². The number of ether oxygens (including phenoxy) is 1. The molecule has 2 atom stereocenters. The zero-order valence-corrected chi connectivity index (χ0v) is 20.2. The largest absolute Gasteiger partial charge is 0.497 e. The molecule has 1 aliphatic heterocycles. The van der Waals surface area contributed by atoms with Gasteiger partial charge in [-0.1, -0.05) is 29.8 Å². The second-order valence-electron chi connectivity index (χ2n) is 8.12. The molecule has 0 radical (unpaired) electrons. The highest BCUT2D eigenvalue weighted by Gasteiger charge is 2.33. The number of nitrogens with zero attached hydrogens (tertiary/aromatic N) is 2. The molecule has 32 heavy (non-hydrogen) atoms. The third-order valence-electron chi connectivity index (χ3n) is 5.81. The highest BCUT2D eigenvalue weighted by Crippen LogP contribution is 2.27. The molecule has 0 spiro atoms. The molecule has 174 valence electrons. The van der Waals surface area contributed by atoms with Gasteiger partial charge in [0.25, 0.3) is 0 Å². The van der Waals surface area contributed by atoms with E-state index in [0.717, 1.165) is 5.56 Å². The first-order valence-corrected chi connectivity index (χ1v) is 12.4. The van der Waals surface area contributed by atoms with Crippen LogP contribution in [-0.2, 0) is 14.8 Å². The Morgan fingerprint density at radius 1 is 1.22 bits per heavy atom. The number of carbonyl (C=O) groups excluding carboxylic acids is 1. The lowest BCUT2D eigenvalue weighted by atomic mass is 9.98. The average Bonchev–Trinajstić information content (AvgIpc) is 2.80. The number of halogens is 1. The molecular formula is C23H30ClN3O4S. The van der Waals surface area contributed by atoms with Crippen molar-refractivity contribution in [3.8, 4) is 5.75 Å². The molecule has 3 rings (SSSR count).